The van der Waals surface area contributed by atoms with Gasteiger partial charge < -0.3 is 20.5 Å². The van der Waals surface area contributed by atoms with Crippen molar-refractivity contribution in [2.24, 2.45) is 0 Å². The smallest absolute Gasteiger partial charge is 0.276 e. The largest absolute Gasteiger partial charge is 0.592 e. The molecule has 4 rings (SSSR count). The van der Waals surface area contributed by atoms with E-state index in [1.165, 1.54) is 18.7 Å². The van der Waals surface area contributed by atoms with E-state index in [1.807, 2.05) is 12.1 Å². The summed E-state index contributed by atoms with van der Waals surface area (Å²) in [6.07, 6.45) is 5.33. The van der Waals surface area contributed by atoms with Crippen molar-refractivity contribution in [2.45, 2.75) is 24.9 Å². The van der Waals surface area contributed by atoms with Crippen LogP contribution in [0.4, 0.5) is 0 Å². The second-order valence-corrected chi connectivity index (χ2v) is 7.59. The number of hydrogen-bond donors (Lipinski definition) is 2. The van der Waals surface area contributed by atoms with E-state index in [1.54, 1.807) is 30.3 Å². The first-order valence-corrected chi connectivity index (χ1v) is 9.97. The van der Waals surface area contributed by atoms with E-state index in [4.69, 9.17) is 21.4 Å². The number of amides is 2. The van der Waals surface area contributed by atoms with E-state index >= 15 is 0 Å². The Balaban J connectivity index is 1.32. The topological polar surface area (TPSA) is 116 Å². The summed E-state index contributed by atoms with van der Waals surface area (Å²) < 4.78 is 5.72. The van der Waals surface area contributed by atoms with Crippen LogP contribution < -0.4 is 15.4 Å². The number of carbonyl (C=O) groups excluding carboxylic acids is 2. The first kappa shape index (κ1) is 20.6. The molecule has 4 N–H and O–H groups in total. The van der Waals surface area contributed by atoms with Gasteiger partial charge in [-0.1, -0.05) is 23.7 Å². The summed E-state index contributed by atoms with van der Waals surface area (Å²) >= 11 is 6.09. The molecule has 1 aromatic heterocycles. The van der Waals surface area contributed by atoms with Crippen LogP contribution in [-0.2, 0) is 11.3 Å². The second kappa shape index (κ2) is 8.61. The molecular weight excluding hydrogens is 420 g/mol. The number of nitrogens with one attached hydrogen (secondary N) is 2. The molecule has 1 saturated carbocycles. The van der Waals surface area contributed by atoms with E-state index < -0.39 is 5.54 Å². The second-order valence-electron chi connectivity index (χ2n) is 7.21. The molecular formula is C22H20ClN4O4+. The molecule has 31 heavy (non-hydrogen) atoms. The third-order valence-electron chi connectivity index (χ3n) is 4.93. The summed E-state index contributed by atoms with van der Waals surface area (Å²) in [5.74, 6) is 0.575. The fourth-order valence-electron chi connectivity index (χ4n) is 2.98. The minimum atomic E-state index is -0.881. The van der Waals surface area contributed by atoms with Crippen LogP contribution in [-0.4, -0.2) is 32.4 Å². The van der Waals surface area contributed by atoms with Crippen LogP contribution in [0.2, 0.25) is 5.02 Å². The van der Waals surface area contributed by atoms with Crippen LogP contribution in [0.5, 0.6) is 17.2 Å². The van der Waals surface area contributed by atoms with Crippen molar-refractivity contribution in [2.75, 3.05) is 0 Å². The number of aromatic nitrogens is 2. The highest BCUT2D eigenvalue weighted by Gasteiger charge is 2.51. The maximum atomic E-state index is 12.6. The molecule has 0 bridgehead atoms. The molecule has 2 amide bonds. The van der Waals surface area contributed by atoms with Crippen LogP contribution in [0.3, 0.4) is 0 Å². The first-order valence-electron chi connectivity index (χ1n) is 9.60. The summed E-state index contributed by atoms with van der Waals surface area (Å²) in [5, 5.41) is 13.6. The molecule has 2 aromatic carbocycles. The average Bonchev–Trinajstić information content (AvgIpc) is 3.57. The van der Waals surface area contributed by atoms with Gasteiger partial charge >= 0.3 is 0 Å². The van der Waals surface area contributed by atoms with Crippen LogP contribution in [0, 0.1) is 0 Å². The molecule has 0 aliphatic heterocycles. The zero-order valence-electron chi connectivity index (χ0n) is 16.4. The van der Waals surface area contributed by atoms with E-state index in [2.05, 4.69) is 20.6 Å². The molecule has 0 saturated heterocycles. The Morgan fingerprint density at radius 3 is 2.48 bits per heavy atom. The molecule has 0 atom stereocenters. The quantitative estimate of drug-likeness (QED) is 0.549. The third-order valence-corrected chi connectivity index (χ3v) is 5.32. The van der Waals surface area contributed by atoms with E-state index in [0.717, 1.165) is 5.56 Å². The maximum absolute atomic E-state index is 12.6. The summed E-state index contributed by atoms with van der Waals surface area (Å²) in [4.78, 5) is 32.6. The number of benzene rings is 2. The standard InChI is InChI=1S/C22H19ClN4O4/c23-19-17(28)2-1-3-18(19)31-16-6-4-14(5-7-16)10-26-21(30)22(8-9-22)27-20(29)15-11-24-13-25-12-15/h1-7,11-13,28H,8-10H2,(H,26,30)(H,27,29)/p+1. The monoisotopic (exact) mass is 439 g/mol. The van der Waals surface area contributed by atoms with Gasteiger partial charge in [0.25, 0.3) is 11.7 Å². The predicted molar refractivity (Wildman–Crippen MR) is 114 cm³/mol. The Labute approximate surface area is 183 Å². The molecule has 1 aliphatic carbocycles. The van der Waals surface area contributed by atoms with Crippen molar-refractivity contribution in [3.8, 4) is 17.2 Å². The van der Waals surface area contributed by atoms with Gasteiger partial charge in [0.2, 0.25) is 5.91 Å². The third kappa shape index (κ3) is 4.75. The van der Waals surface area contributed by atoms with Gasteiger partial charge in [-0.15, -0.1) is 0 Å². The Morgan fingerprint density at radius 2 is 1.81 bits per heavy atom. The molecule has 1 aliphatic rings. The first-order chi connectivity index (χ1) is 15.0. The lowest BCUT2D eigenvalue weighted by Gasteiger charge is -2.17. The number of rotatable bonds is 7. The highest BCUT2D eigenvalue weighted by atomic mass is 35.5. The summed E-state index contributed by atoms with van der Waals surface area (Å²) in [6, 6.07) is 12.2. The average molecular weight is 440 g/mol. The Morgan fingerprint density at radius 1 is 1.10 bits per heavy atom. The SMILES string of the molecule is O=C(NC1(C(=O)NCc2ccc(Oc3cccc([OH2+])c3Cl)cc2)CC1)c1cncnc1. The Kier molecular flexibility index (Phi) is 5.73. The molecule has 158 valence electrons. The van der Waals surface area contributed by atoms with Gasteiger partial charge in [0.15, 0.2) is 10.8 Å². The van der Waals surface area contributed by atoms with Crippen molar-refractivity contribution in [1.29, 1.82) is 0 Å². The normalized spacial score (nSPS) is 13.8. The summed E-state index contributed by atoms with van der Waals surface area (Å²) in [6.45, 7) is 0.314. The van der Waals surface area contributed by atoms with Gasteiger partial charge in [-0.3, -0.25) is 9.59 Å². The molecule has 9 heteroatoms. The number of ether oxygens (including phenoxy) is 1. The highest BCUT2D eigenvalue weighted by molar-refractivity contribution is 6.33. The zero-order chi connectivity index (χ0) is 21.8. The van der Waals surface area contributed by atoms with Gasteiger partial charge in [-0.25, -0.2) is 9.97 Å². The molecule has 0 spiro atoms. The highest BCUT2D eigenvalue weighted by Crippen LogP contribution is 2.37. The summed E-state index contributed by atoms with van der Waals surface area (Å²) in [5.41, 5.74) is 0.307. The van der Waals surface area contributed by atoms with Gasteiger partial charge in [0, 0.05) is 25.0 Å². The Bertz CT molecular complexity index is 1100. The van der Waals surface area contributed by atoms with Crippen LogP contribution in [0.1, 0.15) is 28.8 Å². The fraction of sp³-hybridized carbons (Fsp3) is 0.182. The van der Waals surface area contributed by atoms with Crippen LogP contribution in [0.15, 0.2) is 61.2 Å². The fourth-order valence-corrected chi connectivity index (χ4v) is 3.15. The van der Waals surface area contributed by atoms with Crippen molar-refractivity contribution < 1.29 is 19.4 Å². The molecule has 8 nitrogen and oxygen atoms in total. The minimum absolute atomic E-state index is 0.194. The number of halogens is 1. The van der Waals surface area contributed by atoms with E-state index in [-0.39, 0.29) is 22.6 Å². The van der Waals surface area contributed by atoms with Crippen molar-refractivity contribution in [1.82, 2.24) is 20.6 Å². The Hall–Kier alpha value is -3.65. The molecule has 1 heterocycles. The maximum Gasteiger partial charge on any atom is 0.276 e. The molecule has 0 radical (unpaired) electrons. The number of nitrogens with zero attached hydrogens (tertiary/aromatic N) is 2. The van der Waals surface area contributed by atoms with Crippen LogP contribution >= 0.6 is 11.6 Å². The van der Waals surface area contributed by atoms with Crippen molar-refractivity contribution in [3.63, 3.8) is 0 Å². The lowest BCUT2D eigenvalue weighted by atomic mass is 10.2. The molecule has 0 unspecified atom stereocenters. The minimum Gasteiger partial charge on any atom is -0.592 e. The molecule has 3 aromatic rings. The van der Waals surface area contributed by atoms with Crippen molar-refractivity contribution >= 4 is 23.4 Å². The zero-order valence-corrected chi connectivity index (χ0v) is 17.1. The lowest BCUT2D eigenvalue weighted by molar-refractivity contribution is -0.124. The lowest BCUT2D eigenvalue weighted by Crippen LogP contribution is -2.48. The molecule has 1 fully saturated rings. The van der Waals surface area contributed by atoms with E-state index in [9.17, 15) is 9.59 Å². The van der Waals surface area contributed by atoms with Gasteiger partial charge in [-0.05, 0) is 42.7 Å². The van der Waals surface area contributed by atoms with Gasteiger partial charge in [0.05, 0.1) is 5.56 Å². The predicted octanol–water partition coefficient (Wildman–Crippen LogP) is 2.94. The number of hydrogen-bond acceptors (Lipinski definition) is 5. The van der Waals surface area contributed by atoms with Crippen molar-refractivity contribution in [3.05, 3.63) is 77.3 Å². The van der Waals surface area contributed by atoms with Gasteiger partial charge in [-0.2, -0.15) is 0 Å². The van der Waals surface area contributed by atoms with E-state index in [0.29, 0.717) is 36.4 Å². The van der Waals surface area contributed by atoms with Gasteiger partial charge in [0.1, 0.15) is 17.6 Å². The number of carbonyl (C=O) groups is 2. The summed E-state index contributed by atoms with van der Waals surface area (Å²) in [7, 11) is 0. The van der Waals surface area contributed by atoms with Crippen LogP contribution in [0.25, 0.3) is 0 Å².